The highest BCUT2D eigenvalue weighted by Gasteiger charge is 2.23. The van der Waals surface area contributed by atoms with Gasteiger partial charge in [0.2, 0.25) is 10.0 Å². The van der Waals surface area contributed by atoms with E-state index >= 15 is 0 Å². The van der Waals surface area contributed by atoms with Crippen molar-refractivity contribution in [1.82, 2.24) is 9.62 Å². The molecule has 0 saturated carbocycles. The minimum absolute atomic E-state index is 0.0863. The summed E-state index contributed by atoms with van der Waals surface area (Å²) in [4.78, 5) is 0.0863. The Morgan fingerprint density at radius 1 is 1.28 bits per heavy atom. The summed E-state index contributed by atoms with van der Waals surface area (Å²) >= 11 is 12.0. The van der Waals surface area contributed by atoms with Crippen LogP contribution >= 0.6 is 23.2 Å². The standard InChI is InChI=1S/C11H16Cl2N2O2S/c1-4-15(3)18(16,17)11-5-8(7-14-2)9(12)6-10(11)13/h5-6,14H,4,7H2,1-3H3. The van der Waals surface area contributed by atoms with Crippen molar-refractivity contribution in [2.45, 2.75) is 18.4 Å². The third kappa shape index (κ3) is 3.16. The zero-order valence-corrected chi connectivity index (χ0v) is 12.8. The lowest BCUT2D eigenvalue weighted by molar-refractivity contribution is 0.486. The predicted octanol–water partition coefficient (Wildman–Crippen LogP) is 2.35. The molecule has 1 aromatic carbocycles. The van der Waals surface area contributed by atoms with Gasteiger partial charge in [0.25, 0.3) is 0 Å². The van der Waals surface area contributed by atoms with Crippen LogP contribution in [0.5, 0.6) is 0 Å². The average molecular weight is 311 g/mol. The maximum absolute atomic E-state index is 12.2. The summed E-state index contributed by atoms with van der Waals surface area (Å²) < 4.78 is 25.7. The van der Waals surface area contributed by atoms with Crippen LogP contribution in [0.2, 0.25) is 10.0 Å². The molecule has 7 heteroatoms. The molecule has 0 bridgehead atoms. The molecular formula is C11H16Cl2N2O2S. The lowest BCUT2D eigenvalue weighted by Crippen LogP contribution is -2.27. The monoisotopic (exact) mass is 310 g/mol. The maximum Gasteiger partial charge on any atom is 0.244 e. The Hall–Kier alpha value is -0.330. The van der Waals surface area contributed by atoms with Crippen LogP contribution in [0.4, 0.5) is 0 Å². The lowest BCUT2D eigenvalue weighted by atomic mass is 10.2. The fourth-order valence-corrected chi connectivity index (χ4v) is 3.45. The van der Waals surface area contributed by atoms with Gasteiger partial charge >= 0.3 is 0 Å². The number of sulfonamides is 1. The number of hydrogen-bond donors (Lipinski definition) is 1. The van der Waals surface area contributed by atoms with Crippen molar-refractivity contribution < 1.29 is 8.42 Å². The highest BCUT2D eigenvalue weighted by atomic mass is 35.5. The zero-order chi connectivity index (χ0) is 13.9. The summed E-state index contributed by atoms with van der Waals surface area (Å²) in [5.41, 5.74) is 0.701. The number of halogens is 2. The fraction of sp³-hybridized carbons (Fsp3) is 0.455. The molecule has 0 radical (unpaired) electrons. The first-order valence-electron chi connectivity index (χ1n) is 5.43. The Morgan fingerprint density at radius 3 is 2.39 bits per heavy atom. The quantitative estimate of drug-likeness (QED) is 0.908. The molecule has 18 heavy (non-hydrogen) atoms. The van der Waals surface area contributed by atoms with Crippen molar-refractivity contribution in [1.29, 1.82) is 0 Å². The Bertz CT molecular complexity index is 532. The van der Waals surface area contributed by atoms with Crippen molar-refractivity contribution >= 4 is 33.2 Å². The minimum Gasteiger partial charge on any atom is -0.316 e. The van der Waals surface area contributed by atoms with Gasteiger partial charge in [0.1, 0.15) is 4.90 Å². The second-order valence-electron chi connectivity index (χ2n) is 3.82. The molecule has 0 aliphatic heterocycles. The van der Waals surface area contributed by atoms with E-state index in [0.29, 0.717) is 23.7 Å². The van der Waals surface area contributed by atoms with E-state index in [-0.39, 0.29) is 9.92 Å². The van der Waals surface area contributed by atoms with Gasteiger partial charge in [0.05, 0.1) is 5.02 Å². The van der Waals surface area contributed by atoms with Crippen molar-refractivity contribution in [2.75, 3.05) is 20.6 Å². The van der Waals surface area contributed by atoms with Crippen LogP contribution < -0.4 is 5.32 Å². The van der Waals surface area contributed by atoms with Crippen molar-refractivity contribution in [3.8, 4) is 0 Å². The second kappa shape index (κ2) is 6.21. The minimum atomic E-state index is -3.56. The van der Waals surface area contributed by atoms with Gasteiger partial charge in [-0.05, 0) is 24.7 Å². The molecule has 0 unspecified atom stereocenters. The molecular weight excluding hydrogens is 295 g/mol. The third-order valence-electron chi connectivity index (χ3n) is 2.60. The first-order valence-corrected chi connectivity index (χ1v) is 7.63. The molecule has 0 aliphatic carbocycles. The summed E-state index contributed by atoms with van der Waals surface area (Å²) in [6.07, 6.45) is 0. The zero-order valence-electron chi connectivity index (χ0n) is 10.5. The molecule has 1 aromatic rings. The summed E-state index contributed by atoms with van der Waals surface area (Å²) in [7, 11) is -0.289. The van der Waals surface area contributed by atoms with Gasteiger partial charge in [-0.15, -0.1) is 0 Å². The Morgan fingerprint density at radius 2 is 1.89 bits per heavy atom. The number of hydrogen-bond acceptors (Lipinski definition) is 3. The summed E-state index contributed by atoms with van der Waals surface area (Å²) in [6, 6.07) is 2.98. The van der Waals surface area contributed by atoms with Crippen molar-refractivity contribution in [3.63, 3.8) is 0 Å². The van der Waals surface area contributed by atoms with Gasteiger partial charge in [0, 0.05) is 25.2 Å². The second-order valence-corrected chi connectivity index (χ2v) is 6.65. The molecule has 0 atom stereocenters. The van der Waals surface area contributed by atoms with Crippen LogP contribution in [0.15, 0.2) is 17.0 Å². The van der Waals surface area contributed by atoms with Crippen molar-refractivity contribution in [3.05, 3.63) is 27.7 Å². The van der Waals surface area contributed by atoms with Gasteiger partial charge in [-0.1, -0.05) is 30.1 Å². The summed E-state index contributed by atoms with van der Waals surface area (Å²) in [5, 5.41) is 3.52. The Balaban J connectivity index is 3.37. The molecule has 0 amide bonds. The average Bonchev–Trinajstić information content (AvgIpc) is 2.31. The largest absolute Gasteiger partial charge is 0.316 e. The van der Waals surface area contributed by atoms with E-state index in [0.717, 1.165) is 0 Å². The van der Waals surface area contributed by atoms with Crippen LogP contribution in [-0.4, -0.2) is 33.4 Å². The Labute approximate surface area is 118 Å². The van der Waals surface area contributed by atoms with E-state index in [4.69, 9.17) is 23.2 Å². The summed E-state index contributed by atoms with van der Waals surface area (Å²) in [5.74, 6) is 0. The molecule has 0 heterocycles. The topological polar surface area (TPSA) is 49.4 Å². The van der Waals surface area contributed by atoms with E-state index in [1.54, 1.807) is 14.0 Å². The van der Waals surface area contributed by atoms with Gasteiger partial charge in [-0.25, -0.2) is 12.7 Å². The van der Waals surface area contributed by atoms with Crippen molar-refractivity contribution in [2.24, 2.45) is 0 Å². The molecule has 0 saturated heterocycles. The van der Waals surface area contributed by atoms with Gasteiger partial charge in [-0.3, -0.25) is 0 Å². The number of benzene rings is 1. The van der Waals surface area contributed by atoms with Gasteiger partial charge in [-0.2, -0.15) is 0 Å². The summed E-state index contributed by atoms with van der Waals surface area (Å²) in [6.45, 7) is 2.62. The first-order chi connectivity index (χ1) is 8.34. The first kappa shape index (κ1) is 15.7. The highest BCUT2D eigenvalue weighted by Crippen LogP contribution is 2.30. The SMILES string of the molecule is CCN(C)S(=O)(=O)c1cc(CNC)c(Cl)cc1Cl. The molecule has 1 rings (SSSR count). The maximum atomic E-state index is 12.2. The third-order valence-corrected chi connectivity index (χ3v) is 5.35. The van der Waals surface area contributed by atoms with E-state index in [1.165, 1.54) is 23.5 Å². The Kier molecular flexibility index (Phi) is 5.43. The molecule has 102 valence electrons. The molecule has 0 spiro atoms. The number of rotatable bonds is 5. The lowest BCUT2D eigenvalue weighted by Gasteiger charge is -2.17. The van der Waals surface area contributed by atoms with Crippen LogP contribution in [0, 0.1) is 0 Å². The molecule has 1 N–H and O–H groups in total. The molecule has 4 nitrogen and oxygen atoms in total. The molecule has 0 aliphatic rings. The normalized spacial score (nSPS) is 12.1. The van der Waals surface area contributed by atoms with E-state index < -0.39 is 10.0 Å². The van der Waals surface area contributed by atoms with Crippen LogP contribution in [0.1, 0.15) is 12.5 Å². The van der Waals surface area contributed by atoms with Crippen LogP contribution in [0.3, 0.4) is 0 Å². The highest BCUT2D eigenvalue weighted by molar-refractivity contribution is 7.89. The van der Waals surface area contributed by atoms with E-state index in [2.05, 4.69) is 5.32 Å². The fourth-order valence-electron chi connectivity index (χ4n) is 1.43. The van der Waals surface area contributed by atoms with Crippen LogP contribution in [-0.2, 0) is 16.6 Å². The molecule has 0 aromatic heterocycles. The smallest absolute Gasteiger partial charge is 0.244 e. The van der Waals surface area contributed by atoms with Gasteiger partial charge < -0.3 is 5.32 Å². The number of nitrogens with zero attached hydrogens (tertiary/aromatic N) is 1. The van der Waals surface area contributed by atoms with Gasteiger partial charge in [0.15, 0.2) is 0 Å². The van der Waals surface area contributed by atoms with E-state index in [9.17, 15) is 8.42 Å². The van der Waals surface area contributed by atoms with Crippen LogP contribution in [0.25, 0.3) is 0 Å². The van der Waals surface area contributed by atoms with E-state index in [1.807, 2.05) is 0 Å². The predicted molar refractivity (Wildman–Crippen MR) is 74.7 cm³/mol. The number of nitrogens with one attached hydrogen (secondary N) is 1. The molecule has 0 fully saturated rings.